The number of hydrogen-bond donors (Lipinski definition) is 3. The third-order valence-electron chi connectivity index (χ3n) is 4.33. The Morgan fingerprint density at radius 3 is 2.66 bits per heavy atom. The van der Waals surface area contributed by atoms with Crippen LogP contribution in [0.5, 0.6) is 5.75 Å². The van der Waals surface area contributed by atoms with Gasteiger partial charge in [0, 0.05) is 10.0 Å². The van der Waals surface area contributed by atoms with Crippen LogP contribution in [-0.2, 0) is 0 Å². The van der Waals surface area contributed by atoms with E-state index in [1.807, 2.05) is 24.3 Å². The number of nitrogens with zero attached hydrogens (tertiary/aromatic N) is 4. The van der Waals surface area contributed by atoms with Crippen LogP contribution in [0.1, 0.15) is 5.69 Å². The molecule has 0 amide bonds. The molecule has 0 fully saturated rings. The molecular formula is C19H15BrN6O3. The minimum Gasteiger partial charge on any atom is -0.495 e. The van der Waals surface area contributed by atoms with Crippen LogP contribution >= 0.6 is 15.9 Å². The molecule has 2 heterocycles. The van der Waals surface area contributed by atoms with Gasteiger partial charge in [0.05, 0.1) is 12.8 Å². The molecule has 4 rings (SSSR count). The summed E-state index contributed by atoms with van der Waals surface area (Å²) in [6.45, 7) is 0. The third-order valence-corrected chi connectivity index (χ3v) is 5.02. The molecule has 0 unspecified atom stereocenters. The molecule has 4 aromatic rings. The number of amidine groups is 1. The normalized spacial score (nSPS) is 11.7. The summed E-state index contributed by atoms with van der Waals surface area (Å²) in [5, 5.41) is 12.3. The molecule has 2 aromatic heterocycles. The largest absolute Gasteiger partial charge is 0.495 e. The molecule has 0 aliphatic carbocycles. The number of imidazole rings is 1. The number of fused-ring (bicyclic) bond motifs is 1. The lowest BCUT2D eigenvalue weighted by Gasteiger charge is -2.10. The second kappa shape index (κ2) is 7.40. The topological polar surface area (TPSA) is 131 Å². The van der Waals surface area contributed by atoms with E-state index in [9.17, 15) is 10.0 Å². The van der Waals surface area contributed by atoms with Crippen LogP contribution in [-0.4, -0.2) is 37.7 Å². The van der Waals surface area contributed by atoms with Gasteiger partial charge in [0.2, 0.25) is 0 Å². The van der Waals surface area contributed by atoms with Crippen molar-refractivity contribution in [2.45, 2.75) is 0 Å². The van der Waals surface area contributed by atoms with E-state index in [1.54, 1.807) is 24.3 Å². The number of H-pyrrole nitrogens is 1. The zero-order valence-corrected chi connectivity index (χ0v) is 16.7. The number of halogens is 1. The number of aromatic nitrogens is 4. The van der Waals surface area contributed by atoms with Crippen LogP contribution in [0, 0.1) is 0 Å². The number of aromatic amines is 1. The van der Waals surface area contributed by atoms with Crippen molar-refractivity contribution in [3.8, 4) is 22.8 Å². The van der Waals surface area contributed by atoms with Crippen molar-refractivity contribution in [1.29, 1.82) is 0 Å². The molecule has 9 nitrogen and oxygen atoms in total. The van der Waals surface area contributed by atoms with Crippen molar-refractivity contribution in [1.82, 2.24) is 19.5 Å². The van der Waals surface area contributed by atoms with Crippen molar-refractivity contribution in [3.63, 3.8) is 0 Å². The lowest BCUT2D eigenvalue weighted by molar-refractivity contribution is 0.318. The number of hydrogen-bond acceptors (Lipinski definition) is 6. The minimum absolute atomic E-state index is 0.106. The summed E-state index contributed by atoms with van der Waals surface area (Å²) in [5.74, 6) is 0.537. The van der Waals surface area contributed by atoms with E-state index < -0.39 is 5.69 Å². The third kappa shape index (κ3) is 3.13. The van der Waals surface area contributed by atoms with Crippen molar-refractivity contribution in [2.75, 3.05) is 7.11 Å². The average molecular weight is 455 g/mol. The van der Waals surface area contributed by atoms with Gasteiger partial charge in [-0.1, -0.05) is 51.4 Å². The van der Waals surface area contributed by atoms with Crippen LogP contribution in [0.15, 0.2) is 63.0 Å². The summed E-state index contributed by atoms with van der Waals surface area (Å²) in [6, 6.07) is 14.4. The molecule has 0 atom stereocenters. The van der Waals surface area contributed by atoms with Crippen molar-refractivity contribution in [3.05, 3.63) is 69.2 Å². The molecule has 29 heavy (non-hydrogen) atoms. The maximum Gasteiger partial charge on any atom is 0.332 e. The quantitative estimate of drug-likeness (QED) is 0.188. The van der Waals surface area contributed by atoms with E-state index in [-0.39, 0.29) is 22.7 Å². The summed E-state index contributed by atoms with van der Waals surface area (Å²) >= 11 is 3.48. The number of rotatable bonds is 4. The first-order valence-corrected chi connectivity index (χ1v) is 9.23. The highest BCUT2D eigenvalue weighted by Crippen LogP contribution is 2.29. The molecule has 0 radical (unpaired) electrons. The van der Waals surface area contributed by atoms with Gasteiger partial charge in [-0.2, -0.15) is 0 Å². The minimum atomic E-state index is -0.463. The smallest absolute Gasteiger partial charge is 0.332 e. The van der Waals surface area contributed by atoms with Crippen molar-refractivity contribution in [2.24, 2.45) is 10.9 Å². The van der Waals surface area contributed by atoms with Gasteiger partial charge >= 0.3 is 5.69 Å². The molecule has 0 saturated carbocycles. The predicted octanol–water partition coefficient (Wildman–Crippen LogP) is 2.64. The molecule has 146 valence electrons. The highest BCUT2D eigenvalue weighted by atomic mass is 79.9. The molecule has 0 bridgehead atoms. The molecule has 2 aromatic carbocycles. The summed E-state index contributed by atoms with van der Waals surface area (Å²) in [7, 11) is 1.52. The standard InChI is InChI=1S/C19H15BrN6O3/c1-29-13-9-5-4-8-12(13)26-18-15(23-19(26)27)14(16(21)25-28)22-17(24-18)10-6-2-3-7-11(10)20/h2-9,28H,1H3,(H2,21,25)(H,23,27). The van der Waals surface area contributed by atoms with Gasteiger partial charge in [-0.15, -0.1) is 0 Å². The molecular weight excluding hydrogens is 440 g/mol. The van der Waals surface area contributed by atoms with Gasteiger partial charge in [-0.05, 0) is 18.2 Å². The van der Waals surface area contributed by atoms with Crippen LogP contribution in [0.2, 0.25) is 0 Å². The molecule has 0 aliphatic rings. The number of nitrogens with one attached hydrogen (secondary N) is 1. The fourth-order valence-electron chi connectivity index (χ4n) is 3.02. The summed E-state index contributed by atoms with van der Waals surface area (Å²) < 4.78 is 7.51. The molecule has 0 spiro atoms. The van der Waals surface area contributed by atoms with Gasteiger partial charge in [0.1, 0.15) is 17.0 Å². The summed E-state index contributed by atoms with van der Waals surface area (Å²) in [5.41, 5.74) is 7.17. The molecule has 0 aliphatic heterocycles. The SMILES string of the molecule is COc1ccccc1-n1c(=O)[nH]c2c(/C(N)=N\O)nc(-c3ccccc3Br)nc21. The maximum atomic E-state index is 12.8. The Morgan fingerprint density at radius 1 is 1.21 bits per heavy atom. The van der Waals surface area contributed by atoms with Crippen LogP contribution in [0.3, 0.4) is 0 Å². The number of methoxy groups -OCH3 is 1. The Balaban J connectivity index is 2.12. The van der Waals surface area contributed by atoms with Gasteiger partial charge in [0.25, 0.3) is 0 Å². The van der Waals surface area contributed by atoms with E-state index in [0.29, 0.717) is 22.8 Å². The second-order valence-corrected chi connectivity index (χ2v) is 6.85. The average Bonchev–Trinajstić information content (AvgIpc) is 3.08. The zero-order valence-electron chi connectivity index (χ0n) is 15.1. The fraction of sp³-hybridized carbons (Fsp3) is 0.0526. The Bertz CT molecular complexity index is 1310. The molecule has 4 N–H and O–H groups in total. The van der Waals surface area contributed by atoms with Gasteiger partial charge in [0.15, 0.2) is 17.3 Å². The van der Waals surface area contributed by atoms with Gasteiger partial charge in [-0.25, -0.2) is 19.3 Å². The summed E-state index contributed by atoms with van der Waals surface area (Å²) in [6.07, 6.45) is 0. The van der Waals surface area contributed by atoms with Gasteiger partial charge in [-0.3, -0.25) is 0 Å². The van der Waals surface area contributed by atoms with Gasteiger partial charge < -0.3 is 20.7 Å². The highest BCUT2D eigenvalue weighted by Gasteiger charge is 2.21. The van der Waals surface area contributed by atoms with E-state index in [0.717, 1.165) is 4.47 Å². The number of oxime groups is 1. The Labute approximate surface area is 172 Å². The summed E-state index contributed by atoms with van der Waals surface area (Å²) in [4.78, 5) is 24.5. The number of nitrogens with two attached hydrogens (primary N) is 1. The van der Waals surface area contributed by atoms with E-state index >= 15 is 0 Å². The van der Waals surface area contributed by atoms with Crippen molar-refractivity contribution >= 4 is 32.9 Å². The Morgan fingerprint density at radius 2 is 1.93 bits per heavy atom. The number of benzene rings is 2. The fourth-order valence-corrected chi connectivity index (χ4v) is 3.48. The van der Waals surface area contributed by atoms with E-state index in [4.69, 9.17) is 10.5 Å². The number of para-hydroxylation sites is 2. The monoisotopic (exact) mass is 454 g/mol. The van der Waals surface area contributed by atoms with E-state index in [1.165, 1.54) is 11.7 Å². The molecule has 0 saturated heterocycles. The highest BCUT2D eigenvalue weighted by molar-refractivity contribution is 9.10. The first-order valence-electron chi connectivity index (χ1n) is 8.44. The van der Waals surface area contributed by atoms with Crippen LogP contribution in [0.25, 0.3) is 28.2 Å². The first kappa shape index (κ1) is 18.7. The lowest BCUT2D eigenvalue weighted by Crippen LogP contribution is -2.17. The lowest BCUT2D eigenvalue weighted by atomic mass is 10.2. The maximum absolute atomic E-state index is 12.8. The van der Waals surface area contributed by atoms with Crippen LogP contribution in [0.4, 0.5) is 0 Å². The zero-order chi connectivity index (χ0) is 20.5. The Hall–Kier alpha value is -3.66. The van der Waals surface area contributed by atoms with Crippen LogP contribution < -0.4 is 16.2 Å². The Kier molecular flexibility index (Phi) is 4.77. The molecule has 10 heteroatoms. The van der Waals surface area contributed by atoms with Crippen molar-refractivity contribution < 1.29 is 9.94 Å². The first-order chi connectivity index (χ1) is 14.0. The van der Waals surface area contributed by atoms with E-state index in [2.05, 4.69) is 36.0 Å². The predicted molar refractivity (Wildman–Crippen MR) is 112 cm³/mol. The second-order valence-electron chi connectivity index (χ2n) is 6.00. The number of ether oxygens (including phenoxy) is 1.